The summed E-state index contributed by atoms with van der Waals surface area (Å²) in [6.45, 7) is 10.7. The average molecular weight is 318 g/mol. The Balaban J connectivity index is 0.000000392. The van der Waals surface area contributed by atoms with Gasteiger partial charge in [-0.05, 0) is 38.1 Å². The molecule has 0 amide bonds. The maximum absolute atomic E-state index is 5.38. The Kier molecular flexibility index (Phi) is 14.9. The fraction of sp³-hybridized carbons (Fsp3) is 0.400. The van der Waals surface area contributed by atoms with E-state index in [4.69, 9.17) is 14.2 Å². The summed E-state index contributed by atoms with van der Waals surface area (Å²) in [7, 11) is 0. The molecular weight excluding hydrogens is 288 g/mol. The van der Waals surface area contributed by atoms with E-state index in [1.165, 1.54) is 0 Å². The highest BCUT2D eigenvalue weighted by Gasteiger charge is 1.89. The lowest BCUT2D eigenvalue weighted by Crippen LogP contribution is -2.05. The van der Waals surface area contributed by atoms with Crippen molar-refractivity contribution in [3.63, 3.8) is 0 Å². The van der Waals surface area contributed by atoms with Crippen LogP contribution < -0.4 is 9.47 Å². The van der Waals surface area contributed by atoms with E-state index in [2.05, 4.69) is 0 Å². The van der Waals surface area contributed by atoms with Crippen LogP contribution in [-0.2, 0) is 4.74 Å². The van der Waals surface area contributed by atoms with Crippen LogP contribution in [0.15, 0.2) is 60.7 Å². The summed E-state index contributed by atoms with van der Waals surface area (Å²) in [4.78, 5) is 0. The van der Waals surface area contributed by atoms with E-state index in [1.807, 2.05) is 88.4 Å². The van der Waals surface area contributed by atoms with Gasteiger partial charge in [-0.2, -0.15) is 0 Å². The van der Waals surface area contributed by atoms with E-state index in [-0.39, 0.29) is 0 Å². The molecule has 0 heterocycles. The number of benzene rings is 2. The topological polar surface area (TPSA) is 27.7 Å². The molecule has 2 rings (SSSR count). The molecule has 0 saturated heterocycles. The Morgan fingerprint density at radius 2 is 1.09 bits per heavy atom. The van der Waals surface area contributed by atoms with Crippen LogP contribution in [0.3, 0.4) is 0 Å². The molecular formula is C20H30O3. The van der Waals surface area contributed by atoms with Gasteiger partial charge in [0.15, 0.2) is 0 Å². The lowest BCUT2D eigenvalue weighted by atomic mass is 10.3. The van der Waals surface area contributed by atoms with Crippen molar-refractivity contribution in [2.45, 2.75) is 27.7 Å². The van der Waals surface area contributed by atoms with Crippen LogP contribution in [0, 0.1) is 0 Å². The molecule has 0 aliphatic rings. The van der Waals surface area contributed by atoms with E-state index in [0.29, 0.717) is 13.2 Å². The normalized spacial score (nSPS) is 8.87. The van der Waals surface area contributed by atoms with Gasteiger partial charge in [0.2, 0.25) is 0 Å². The summed E-state index contributed by atoms with van der Waals surface area (Å²) in [5, 5.41) is 0. The Bertz CT molecular complexity index is 443. The SMILES string of the molecule is CC.CCOCCOc1ccccc1.CCOc1ccccc1. The zero-order chi connectivity index (χ0) is 17.2. The standard InChI is InChI=1S/C10H14O2.C8H10O.C2H6/c1-2-11-8-9-12-10-6-4-3-5-7-10;1-2-9-8-6-4-3-5-7-8;1-2/h3-7H,2,8-9H2,1H3;3-7H,2H2,1H3;1-2H3. The highest BCUT2D eigenvalue weighted by atomic mass is 16.5. The molecule has 0 saturated carbocycles. The van der Waals surface area contributed by atoms with Crippen molar-refractivity contribution in [3.8, 4) is 11.5 Å². The molecule has 0 unspecified atom stereocenters. The van der Waals surface area contributed by atoms with Crippen molar-refractivity contribution >= 4 is 0 Å². The second-order valence-electron chi connectivity index (χ2n) is 4.10. The van der Waals surface area contributed by atoms with Crippen LogP contribution in [0.4, 0.5) is 0 Å². The summed E-state index contributed by atoms with van der Waals surface area (Å²) in [6.07, 6.45) is 0. The molecule has 2 aromatic rings. The molecule has 3 nitrogen and oxygen atoms in total. The van der Waals surface area contributed by atoms with Crippen molar-refractivity contribution in [1.29, 1.82) is 0 Å². The number of ether oxygens (including phenoxy) is 3. The van der Waals surface area contributed by atoms with E-state index in [0.717, 1.165) is 24.7 Å². The first-order valence-corrected chi connectivity index (χ1v) is 8.30. The van der Waals surface area contributed by atoms with Gasteiger partial charge in [0.25, 0.3) is 0 Å². The van der Waals surface area contributed by atoms with E-state index >= 15 is 0 Å². The summed E-state index contributed by atoms with van der Waals surface area (Å²) in [6, 6.07) is 19.5. The van der Waals surface area contributed by atoms with Gasteiger partial charge in [-0.1, -0.05) is 50.2 Å². The van der Waals surface area contributed by atoms with Crippen LogP contribution in [0.5, 0.6) is 11.5 Å². The molecule has 0 aliphatic carbocycles. The quantitative estimate of drug-likeness (QED) is 0.656. The highest BCUT2D eigenvalue weighted by molar-refractivity contribution is 5.21. The number of hydrogen-bond donors (Lipinski definition) is 0. The smallest absolute Gasteiger partial charge is 0.119 e. The Morgan fingerprint density at radius 3 is 1.52 bits per heavy atom. The summed E-state index contributed by atoms with van der Waals surface area (Å²) < 4.78 is 15.7. The Morgan fingerprint density at radius 1 is 0.609 bits per heavy atom. The maximum atomic E-state index is 5.38. The monoisotopic (exact) mass is 318 g/mol. The Hall–Kier alpha value is -2.00. The first-order chi connectivity index (χ1) is 11.4. The van der Waals surface area contributed by atoms with Gasteiger partial charge >= 0.3 is 0 Å². The third kappa shape index (κ3) is 12.2. The maximum Gasteiger partial charge on any atom is 0.119 e. The number of hydrogen-bond acceptors (Lipinski definition) is 3. The van der Waals surface area contributed by atoms with Gasteiger partial charge in [0.1, 0.15) is 18.1 Å². The first kappa shape index (κ1) is 21.0. The van der Waals surface area contributed by atoms with Crippen molar-refractivity contribution in [2.75, 3.05) is 26.4 Å². The first-order valence-electron chi connectivity index (χ1n) is 8.30. The zero-order valence-corrected chi connectivity index (χ0v) is 14.8. The van der Waals surface area contributed by atoms with Crippen molar-refractivity contribution in [2.24, 2.45) is 0 Å². The lowest BCUT2D eigenvalue weighted by molar-refractivity contribution is 0.110. The molecule has 0 bridgehead atoms. The van der Waals surface area contributed by atoms with Gasteiger partial charge in [-0.15, -0.1) is 0 Å². The molecule has 128 valence electrons. The average Bonchev–Trinajstić information content (AvgIpc) is 2.63. The van der Waals surface area contributed by atoms with E-state index in [1.54, 1.807) is 0 Å². The predicted molar refractivity (Wildman–Crippen MR) is 97.4 cm³/mol. The van der Waals surface area contributed by atoms with E-state index in [9.17, 15) is 0 Å². The van der Waals surface area contributed by atoms with Crippen LogP contribution in [0.25, 0.3) is 0 Å². The molecule has 2 aromatic carbocycles. The highest BCUT2D eigenvalue weighted by Crippen LogP contribution is 2.07. The van der Waals surface area contributed by atoms with Crippen molar-refractivity contribution in [3.05, 3.63) is 60.7 Å². The largest absolute Gasteiger partial charge is 0.494 e. The van der Waals surface area contributed by atoms with Crippen molar-refractivity contribution < 1.29 is 14.2 Å². The molecule has 0 aliphatic heterocycles. The fourth-order valence-electron chi connectivity index (χ4n) is 1.56. The van der Waals surface area contributed by atoms with Gasteiger partial charge in [-0.25, -0.2) is 0 Å². The summed E-state index contributed by atoms with van der Waals surface area (Å²) in [5.74, 6) is 1.84. The molecule has 0 fully saturated rings. The summed E-state index contributed by atoms with van der Waals surface area (Å²) in [5.41, 5.74) is 0. The van der Waals surface area contributed by atoms with Crippen LogP contribution >= 0.6 is 0 Å². The van der Waals surface area contributed by atoms with Crippen LogP contribution in [0.2, 0.25) is 0 Å². The third-order valence-corrected chi connectivity index (χ3v) is 2.50. The second-order valence-corrected chi connectivity index (χ2v) is 4.10. The van der Waals surface area contributed by atoms with Crippen LogP contribution in [-0.4, -0.2) is 26.4 Å². The molecule has 23 heavy (non-hydrogen) atoms. The molecule has 3 heteroatoms. The predicted octanol–water partition coefficient (Wildman–Crippen LogP) is 5.21. The second kappa shape index (κ2) is 16.4. The minimum absolute atomic E-state index is 0.623. The minimum atomic E-state index is 0.623. The lowest BCUT2D eigenvalue weighted by Gasteiger charge is -2.04. The van der Waals surface area contributed by atoms with Gasteiger partial charge in [-0.3, -0.25) is 0 Å². The zero-order valence-electron chi connectivity index (χ0n) is 14.8. The Labute approximate surface area is 141 Å². The van der Waals surface area contributed by atoms with Crippen molar-refractivity contribution in [1.82, 2.24) is 0 Å². The number of rotatable bonds is 7. The van der Waals surface area contributed by atoms with Gasteiger partial charge in [0, 0.05) is 6.61 Å². The molecule has 0 spiro atoms. The fourth-order valence-corrected chi connectivity index (χ4v) is 1.56. The molecule has 0 atom stereocenters. The summed E-state index contributed by atoms with van der Waals surface area (Å²) >= 11 is 0. The third-order valence-electron chi connectivity index (χ3n) is 2.50. The number of para-hydroxylation sites is 2. The molecule has 0 aromatic heterocycles. The van der Waals surface area contributed by atoms with E-state index < -0.39 is 0 Å². The molecule has 0 N–H and O–H groups in total. The minimum Gasteiger partial charge on any atom is -0.494 e. The van der Waals surface area contributed by atoms with Crippen LogP contribution in [0.1, 0.15) is 27.7 Å². The van der Waals surface area contributed by atoms with Gasteiger partial charge < -0.3 is 14.2 Å². The van der Waals surface area contributed by atoms with Gasteiger partial charge in [0.05, 0.1) is 13.2 Å². The molecule has 0 radical (unpaired) electrons.